The zero-order chi connectivity index (χ0) is 25.7. The molecule has 0 unspecified atom stereocenters. The Labute approximate surface area is 224 Å². The second-order valence-electron chi connectivity index (χ2n) is 6.86. The summed E-state index contributed by atoms with van der Waals surface area (Å²) in [6, 6.07) is 13.6. The highest BCUT2D eigenvalue weighted by atomic mass is 35.5. The highest BCUT2D eigenvalue weighted by Crippen LogP contribution is 2.41. The SMILES string of the molecule is COc1cccc(NC(=O)CSc2ccc(NC(=O)c3c(Cl)c(Cl)c(Cl)c(Cl)c3C(=O)O)cc2)c1. The first-order chi connectivity index (χ1) is 16.6. The Kier molecular flexibility index (Phi) is 9.15. The van der Waals surface area contributed by atoms with Gasteiger partial charge in [-0.2, -0.15) is 0 Å². The topological polar surface area (TPSA) is 105 Å². The minimum atomic E-state index is -1.49. The van der Waals surface area contributed by atoms with Crippen molar-refractivity contribution in [3.05, 3.63) is 79.7 Å². The lowest BCUT2D eigenvalue weighted by Gasteiger charge is -2.14. The van der Waals surface area contributed by atoms with E-state index in [-0.39, 0.29) is 26.7 Å². The van der Waals surface area contributed by atoms with Gasteiger partial charge in [0.1, 0.15) is 5.75 Å². The lowest BCUT2D eigenvalue weighted by Crippen LogP contribution is -2.18. The Morgan fingerprint density at radius 2 is 1.49 bits per heavy atom. The number of carbonyl (C=O) groups is 3. The van der Waals surface area contributed by atoms with E-state index in [2.05, 4.69) is 10.6 Å². The smallest absolute Gasteiger partial charge is 0.338 e. The number of aromatic carboxylic acids is 1. The molecule has 182 valence electrons. The van der Waals surface area contributed by atoms with E-state index < -0.39 is 28.0 Å². The maximum atomic E-state index is 12.8. The van der Waals surface area contributed by atoms with Gasteiger partial charge in [0.2, 0.25) is 5.91 Å². The molecule has 0 radical (unpaired) electrons. The molecular weight excluding hydrogens is 558 g/mol. The summed E-state index contributed by atoms with van der Waals surface area (Å²) in [6.45, 7) is 0. The summed E-state index contributed by atoms with van der Waals surface area (Å²) >= 11 is 25.3. The Hall–Kier alpha value is -2.62. The third-order valence-electron chi connectivity index (χ3n) is 4.54. The molecule has 7 nitrogen and oxygen atoms in total. The zero-order valence-corrected chi connectivity index (χ0v) is 21.7. The summed E-state index contributed by atoms with van der Waals surface area (Å²) in [7, 11) is 1.54. The van der Waals surface area contributed by atoms with E-state index in [0.717, 1.165) is 4.90 Å². The van der Waals surface area contributed by atoms with Gasteiger partial charge < -0.3 is 20.5 Å². The molecule has 3 rings (SSSR count). The van der Waals surface area contributed by atoms with Crippen LogP contribution in [0, 0.1) is 0 Å². The molecule has 0 atom stereocenters. The molecule has 0 spiro atoms. The molecule has 35 heavy (non-hydrogen) atoms. The number of benzene rings is 3. The average Bonchev–Trinajstić information content (AvgIpc) is 2.84. The zero-order valence-electron chi connectivity index (χ0n) is 17.8. The molecule has 0 saturated heterocycles. The summed E-state index contributed by atoms with van der Waals surface area (Å²) in [6.07, 6.45) is 0. The van der Waals surface area contributed by atoms with Crippen LogP contribution in [0.25, 0.3) is 0 Å². The third kappa shape index (κ3) is 6.54. The van der Waals surface area contributed by atoms with Gasteiger partial charge in [-0.1, -0.05) is 52.5 Å². The van der Waals surface area contributed by atoms with Crippen LogP contribution in [-0.2, 0) is 4.79 Å². The first-order valence-electron chi connectivity index (χ1n) is 9.69. The molecule has 0 aromatic heterocycles. The molecule has 0 aliphatic carbocycles. The number of hydrogen-bond donors (Lipinski definition) is 3. The van der Waals surface area contributed by atoms with Crippen LogP contribution in [0.15, 0.2) is 53.4 Å². The quantitative estimate of drug-likeness (QED) is 0.152. The van der Waals surface area contributed by atoms with Crippen molar-refractivity contribution >= 4 is 87.3 Å². The van der Waals surface area contributed by atoms with Crippen molar-refractivity contribution < 1.29 is 24.2 Å². The summed E-state index contributed by atoms with van der Waals surface area (Å²) in [4.78, 5) is 37.5. The molecule has 0 saturated carbocycles. The van der Waals surface area contributed by atoms with E-state index in [1.165, 1.54) is 11.8 Å². The Morgan fingerprint density at radius 1 is 0.857 bits per heavy atom. The van der Waals surface area contributed by atoms with Crippen molar-refractivity contribution in [3.8, 4) is 5.75 Å². The molecular formula is C23H16Cl4N2O5S. The van der Waals surface area contributed by atoms with Gasteiger partial charge in [0.15, 0.2) is 0 Å². The fraction of sp³-hybridized carbons (Fsp3) is 0.0870. The van der Waals surface area contributed by atoms with E-state index in [1.807, 2.05) is 0 Å². The summed E-state index contributed by atoms with van der Waals surface area (Å²) < 4.78 is 5.13. The molecule has 3 N–H and O–H groups in total. The number of thioether (sulfide) groups is 1. The van der Waals surface area contributed by atoms with E-state index in [4.69, 9.17) is 51.1 Å². The summed E-state index contributed by atoms with van der Waals surface area (Å²) in [5.41, 5.74) is 0.00797. The predicted molar refractivity (Wildman–Crippen MR) is 140 cm³/mol. The summed E-state index contributed by atoms with van der Waals surface area (Å²) in [5.74, 6) is -1.73. The molecule has 3 aromatic carbocycles. The van der Waals surface area contributed by atoms with Crippen LogP contribution in [0.4, 0.5) is 11.4 Å². The van der Waals surface area contributed by atoms with Gasteiger partial charge in [-0.25, -0.2) is 4.79 Å². The first-order valence-corrected chi connectivity index (χ1v) is 12.2. The third-order valence-corrected chi connectivity index (χ3v) is 7.36. The maximum absolute atomic E-state index is 12.8. The first kappa shape index (κ1) is 27.0. The number of carbonyl (C=O) groups excluding carboxylic acids is 2. The number of carboxylic acid groups (broad SMARTS) is 1. The largest absolute Gasteiger partial charge is 0.497 e. The molecule has 3 aromatic rings. The predicted octanol–water partition coefficient (Wildman–Crippen LogP) is 6.99. The van der Waals surface area contributed by atoms with Gasteiger partial charge in [-0.15, -0.1) is 11.8 Å². The number of anilines is 2. The molecule has 0 aliphatic heterocycles. The lowest BCUT2D eigenvalue weighted by molar-refractivity contribution is -0.113. The number of nitrogens with one attached hydrogen (secondary N) is 2. The number of ether oxygens (including phenoxy) is 1. The van der Waals surface area contributed by atoms with Crippen LogP contribution < -0.4 is 15.4 Å². The number of amides is 2. The van der Waals surface area contributed by atoms with Crippen molar-refractivity contribution in [1.29, 1.82) is 0 Å². The minimum Gasteiger partial charge on any atom is -0.497 e. The van der Waals surface area contributed by atoms with Crippen molar-refractivity contribution in [2.75, 3.05) is 23.5 Å². The van der Waals surface area contributed by atoms with Crippen LogP contribution in [0.5, 0.6) is 5.75 Å². The van der Waals surface area contributed by atoms with E-state index in [9.17, 15) is 19.5 Å². The highest BCUT2D eigenvalue weighted by molar-refractivity contribution is 8.00. The van der Waals surface area contributed by atoms with Crippen LogP contribution in [0.1, 0.15) is 20.7 Å². The van der Waals surface area contributed by atoms with Gasteiger partial charge in [0, 0.05) is 22.3 Å². The summed E-state index contributed by atoms with van der Waals surface area (Å²) in [5, 5.41) is 13.6. The Morgan fingerprint density at radius 3 is 2.09 bits per heavy atom. The normalized spacial score (nSPS) is 10.5. The molecule has 0 bridgehead atoms. The van der Waals surface area contributed by atoms with E-state index >= 15 is 0 Å². The average molecular weight is 574 g/mol. The number of carboxylic acids is 1. The molecule has 12 heteroatoms. The van der Waals surface area contributed by atoms with Gasteiger partial charge in [0.25, 0.3) is 5.91 Å². The molecule has 0 heterocycles. The van der Waals surface area contributed by atoms with Crippen molar-refractivity contribution in [1.82, 2.24) is 0 Å². The molecule has 0 aliphatic rings. The Balaban J connectivity index is 1.66. The van der Waals surface area contributed by atoms with Crippen LogP contribution >= 0.6 is 58.2 Å². The molecule has 2 amide bonds. The fourth-order valence-electron chi connectivity index (χ4n) is 2.92. The van der Waals surface area contributed by atoms with Crippen molar-refractivity contribution in [2.45, 2.75) is 4.90 Å². The second kappa shape index (κ2) is 11.9. The van der Waals surface area contributed by atoms with Crippen LogP contribution in [0.2, 0.25) is 20.1 Å². The van der Waals surface area contributed by atoms with Gasteiger partial charge >= 0.3 is 5.97 Å². The van der Waals surface area contributed by atoms with Gasteiger partial charge in [0.05, 0.1) is 44.1 Å². The van der Waals surface area contributed by atoms with E-state index in [1.54, 1.807) is 55.6 Å². The van der Waals surface area contributed by atoms with Crippen molar-refractivity contribution in [2.24, 2.45) is 0 Å². The second-order valence-corrected chi connectivity index (χ2v) is 9.42. The minimum absolute atomic E-state index is 0.155. The van der Waals surface area contributed by atoms with E-state index in [0.29, 0.717) is 17.1 Å². The fourth-order valence-corrected chi connectivity index (χ4v) is 4.64. The number of methoxy groups -OCH3 is 1. The lowest BCUT2D eigenvalue weighted by atomic mass is 10.1. The number of rotatable bonds is 8. The maximum Gasteiger partial charge on any atom is 0.338 e. The monoisotopic (exact) mass is 572 g/mol. The molecule has 0 fully saturated rings. The van der Waals surface area contributed by atoms with Gasteiger partial charge in [-0.05, 0) is 36.4 Å². The standard InChI is InChI=1S/C23H16Cl4N2O5S/c1-34-13-4-2-3-12(9-13)28-15(30)10-35-14-7-5-11(6-8-14)29-22(31)16-17(23(32)33)19(25)21(27)20(26)18(16)24/h2-9H,10H2,1H3,(H,28,30)(H,29,31)(H,32,33). The Bertz CT molecular complexity index is 1300. The van der Waals surface area contributed by atoms with Crippen molar-refractivity contribution in [3.63, 3.8) is 0 Å². The van der Waals surface area contributed by atoms with Crippen LogP contribution in [0.3, 0.4) is 0 Å². The van der Waals surface area contributed by atoms with Gasteiger partial charge in [-0.3, -0.25) is 9.59 Å². The number of hydrogen-bond acceptors (Lipinski definition) is 5. The van der Waals surface area contributed by atoms with Crippen LogP contribution in [-0.4, -0.2) is 35.8 Å². The number of halogens is 4. The highest BCUT2D eigenvalue weighted by Gasteiger charge is 2.28.